The summed E-state index contributed by atoms with van der Waals surface area (Å²) in [4.78, 5) is 7.79. The Morgan fingerprint density at radius 2 is 2.50 bits per heavy atom. The Hall–Kier alpha value is -0.920. The molecule has 0 amide bonds. The maximum atomic E-state index is 3.96. The van der Waals surface area contributed by atoms with Gasteiger partial charge in [-0.3, -0.25) is 4.99 Å². The minimum atomic E-state index is 0.792. The van der Waals surface area contributed by atoms with E-state index >= 15 is 0 Å². The molecule has 1 heterocycles. The first-order valence-corrected chi connectivity index (χ1v) is 2.57. The zero-order valence-electron chi connectivity index (χ0n) is 4.83. The molecule has 8 heavy (non-hydrogen) atoms. The highest BCUT2D eigenvalue weighted by atomic mass is 14.8. The summed E-state index contributed by atoms with van der Waals surface area (Å²) in [6, 6.07) is 0. The van der Waals surface area contributed by atoms with Gasteiger partial charge in [-0.15, -0.1) is 0 Å². The van der Waals surface area contributed by atoms with Crippen molar-refractivity contribution in [1.82, 2.24) is 0 Å². The third-order valence-corrected chi connectivity index (χ3v) is 0.934. The highest BCUT2D eigenvalue weighted by Gasteiger charge is 1.84. The fourth-order valence-electron chi connectivity index (χ4n) is 0.493. The van der Waals surface area contributed by atoms with Crippen molar-refractivity contribution < 1.29 is 0 Å². The molecule has 2 heteroatoms. The third-order valence-electron chi connectivity index (χ3n) is 0.934. The number of aliphatic imine (C=N–C) groups is 2. The second-order valence-corrected chi connectivity index (χ2v) is 1.77. The highest BCUT2D eigenvalue weighted by molar-refractivity contribution is 5.81. The van der Waals surface area contributed by atoms with Crippen LogP contribution >= 0.6 is 0 Å². The van der Waals surface area contributed by atoms with Gasteiger partial charge in [0.25, 0.3) is 0 Å². The third kappa shape index (κ3) is 1.30. The fourth-order valence-corrected chi connectivity index (χ4v) is 0.493. The average molecular weight is 108 g/mol. The van der Waals surface area contributed by atoms with Crippen molar-refractivity contribution in [2.24, 2.45) is 9.98 Å². The lowest BCUT2D eigenvalue weighted by Crippen LogP contribution is -1.78. The lowest BCUT2D eigenvalue weighted by Gasteiger charge is -1.85. The van der Waals surface area contributed by atoms with Crippen LogP contribution in [0.25, 0.3) is 0 Å². The molecule has 1 aliphatic rings. The largest absolute Gasteiger partial charge is 0.269 e. The molecular weight excluding hydrogens is 100 g/mol. The Kier molecular flexibility index (Phi) is 1.57. The van der Waals surface area contributed by atoms with Gasteiger partial charge in [-0.1, -0.05) is 5.57 Å². The van der Waals surface area contributed by atoms with Crippen LogP contribution in [0.15, 0.2) is 21.6 Å². The van der Waals surface area contributed by atoms with Crippen molar-refractivity contribution in [2.75, 3.05) is 6.54 Å². The van der Waals surface area contributed by atoms with E-state index in [0.717, 1.165) is 6.54 Å². The monoisotopic (exact) mass is 108 g/mol. The van der Waals surface area contributed by atoms with Crippen LogP contribution in [0.1, 0.15) is 6.92 Å². The highest BCUT2D eigenvalue weighted by Crippen LogP contribution is 1.92. The molecule has 0 saturated carbocycles. The molecule has 0 aromatic carbocycles. The maximum Gasteiger partial charge on any atom is 0.110 e. The van der Waals surface area contributed by atoms with Crippen molar-refractivity contribution in [2.45, 2.75) is 6.92 Å². The molecule has 0 atom stereocenters. The van der Waals surface area contributed by atoms with E-state index in [4.69, 9.17) is 0 Å². The normalized spacial score (nSPS) is 17.9. The number of hydrogen-bond donors (Lipinski definition) is 0. The molecule has 0 radical (unpaired) electrons. The van der Waals surface area contributed by atoms with Gasteiger partial charge < -0.3 is 0 Å². The first kappa shape index (κ1) is 5.22. The summed E-state index contributed by atoms with van der Waals surface area (Å²) in [5.41, 5.74) is 1.25. The van der Waals surface area contributed by atoms with Gasteiger partial charge in [-0.05, 0) is 13.0 Å². The van der Waals surface area contributed by atoms with Gasteiger partial charge in [-0.25, -0.2) is 4.99 Å². The molecule has 1 rings (SSSR count). The van der Waals surface area contributed by atoms with Crippen LogP contribution in [-0.4, -0.2) is 19.1 Å². The molecule has 2 nitrogen and oxygen atoms in total. The van der Waals surface area contributed by atoms with E-state index < -0.39 is 0 Å². The summed E-state index contributed by atoms with van der Waals surface area (Å²) in [5.74, 6) is 0. The second kappa shape index (κ2) is 2.40. The topological polar surface area (TPSA) is 24.7 Å². The van der Waals surface area contributed by atoms with Crippen molar-refractivity contribution in [3.05, 3.63) is 11.6 Å². The number of allylic oxidation sites excluding steroid dienone is 1. The van der Waals surface area contributed by atoms with E-state index in [1.165, 1.54) is 5.57 Å². The minimum Gasteiger partial charge on any atom is -0.269 e. The standard InChI is InChI=1S/C6H8N2/c1-6-2-3-7-5-8-4-6/h2-3,5H,4H2,1H3. The van der Waals surface area contributed by atoms with E-state index in [1.54, 1.807) is 12.6 Å². The lowest BCUT2D eigenvalue weighted by atomic mass is 10.3. The van der Waals surface area contributed by atoms with Crippen LogP contribution in [0, 0.1) is 0 Å². The maximum absolute atomic E-state index is 3.96. The number of nitrogens with zero attached hydrogens (tertiary/aromatic N) is 2. The molecule has 0 unspecified atom stereocenters. The van der Waals surface area contributed by atoms with E-state index in [0.29, 0.717) is 0 Å². The van der Waals surface area contributed by atoms with Crippen LogP contribution < -0.4 is 0 Å². The Balaban J connectivity index is 2.69. The molecule has 0 bridgehead atoms. The van der Waals surface area contributed by atoms with Crippen LogP contribution in [-0.2, 0) is 0 Å². The molecule has 0 spiro atoms. The van der Waals surface area contributed by atoms with Gasteiger partial charge in [-0.2, -0.15) is 0 Å². The van der Waals surface area contributed by atoms with Gasteiger partial charge in [0.1, 0.15) is 6.34 Å². The van der Waals surface area contributed by atoms with Crippen molar-refractivity contribution >= 4 is 12.6 Å². The van der Waals surface area contributed by atoms with Gasteiger partial charge >= 0.3 is 0 Å². The van der Waals surface area contributed by atoms with Crippen LogP contribution in [0.2, 0.25) is 0 Å². The quantitative estimate of drug-likeness (QED) is 0.443. The molecule has 42 valence electrons. The summed E-state index contributed by atoms with van der Waals surface area (Å²) in [6.45, 7) is 2.83. The zero-order chi connectivity index (χ0) is 5.82. The Morgan fingerprint density at radius 3 is 3.38 bits per heavy atom. The smallest absolute Gasteiger partial charge is 0.110 e. The van der Waals surface area contributed by atoms with E-state index in [2.05, 4.69) is 9.98 Å². The zero-order valence-corrected chi connectivity index (χ0v) is 4.83. The van der Waals surface area contributed by atoms with E-state index in [-0.39, 0.29) is 0 Å². The van der Waals surface area contributed by atoms with E-state index in [9.17, 15) is 0 Å². The first-order valence-electron chi connectivity index (χ1n) is 2.57. The predicted molar refractivity (Wildman–Crippen MR) is 35.6 cm³/mol. The van der Waals surface area contributed by atoms with Gasteiger partial charge in [0.05, 0.1) is 6.54 Å². The molecule has 0 aliphatic carbocycles. The Bertz CT molecular complexity index is 154. The van der Waals surface area contributed by atoms with Crippen LogP contribution in [0.5, 0.6) is 0 Å². The summed E-state index contributed by atoms with van der Waals surface area (Å²) in [5, 5.41) is 0. The summed E-state index contributed by atoms with van der Waals surface area (Å²) >= 11 is 0. The number of hydrogen-bond acceptors (Lipinski definition) is 2. The van der Waals surface area contributed by atoms with E-state index in [1.807, 2.05) is 13.0 Å². The summed E-state index contributed by atoms with van der Waals surface area (Å²) in [7, 11) is 0. The SMILES string of the molecule is CC1=CC=NC=NC1. The van der Waals surface area contributed by atoms with Crippen molar-refractivity contribution in [3.63, 3.8) is 0 Å². The Morgan fingerprint density at radius 1 is 1.62 bits per heavy atom. The molecule has 0 N–H and O–H groups in total. The summed E-state index contributed by atoms with van der Waals surface area (Å²) in [6.07, 6.45) is 5.30. The molecule has 1 aliphatic heterocycles. The van der Waals surface area contributed by atoms with Crippen LogP contribution in [0.3, 0.4) is 0 Å². The molecule has 0 aromatic heterocycles. The number of rotatable bonds is 0. The molecule has 0 aromatic rings. The second-order valence-electron chi connectivity index (χ2n) is 1.77. The van der Waals surface area contributed by atoms with Crippen molar-refractivity contribution in [1.29, 1.82) is 0 Å². The van der Waals surface area contributed by atoms with Crippen molar-refractivity contribution in [3.8, 4) is 0 Å². The average Bonchev–Trinajstić information content (AvgIpc) is 1.94. The molecule has 0 fully saturated rings. The predicted octanol–water partition coefficient (Wildman–Crippen LogP) is 1.05. The Labute approximate surface area is 48.7 Å². The summed E-state index contributed by atoms with van der Waals surface area (Å²) < 4.78 is 0. The minimum absolute atomic E-state index is 0.792. The first-order chi connectivity index (χ1) is 3.89. The van der Waals surface area contributed by atoms with Gasteiger partial charge in [0.2, 0.25) is 0 Å². The molecular formula is C6H8N2. The molecule has 0 saturated heterocycles. The fraction of sp³-hybridized carbons (Fsp3) is 0.333. The van der Waals surface area contributed by atoms with Crippen LogP contribution in [0.4, 0.5) is 0 Å². The lowest BCUT2D eigenvalue weighted by molar-refractivity contribution is 1.15. The van der Waals surface area contributed by atoms with Gasteiger partial charge in [0.15, 0.2) is 0 Å². The van der Waals surface area contributed by atoms with Gasteiger partial charge in [0, 0.05) is 6.21 Å².